The van der Waals surface area contributed by atoms with Crippen molar-refractivity contribution >= 4 is 9.84 Å². The van der Waals surface area contributed by atoms with Gasteiger partial charge in [0, 0.05) is 37.4 Å². The molecule has 5 nitrogen and oxygen atoms in total. The summed E-state index contributed by atoms with van der Waals surface area (Å²) in [5.41, 5.74) is 0. The molecule has 102 valence electrons. The second-order valence-corrected chi connectivity index (χ2v) is 7.42. The summed E-state index contributed by atoms with van der Waals surface area (Å²) >= 11 is 0. The molecule has 1 N–H and O–H groups in total. The largest absolute Gasteiger partial charge is 0.333 e. The average Bonchev–Trinajstić information content (AvgIpc) is 2.85. The molecule has 1 unspecified atom stereocenters. The van der Waals surface area contributed by atoms with E-state index >= 15 is 0 Å². The van der Waals surface area contributed by atoms with Crippen LogP contribution < -0.4 is 5.32 Å². The predicted octanol–water partition coefficient (Wildman–Crippen LogP) is 0.783. The van der Waals surface area contributed by atoms with Crippen LogP contribution in [0.15, 0.2) is 12.4 Å². The molecule has 0 amide bonds. The van der Waals surface area contributed by atoms with E-state index in [2.05, 4.69) is 28.7 Å². The summed E-state index contributed by atoms with van der Waals surface area (Å²) in [6.45, 7) is 5.87. The monoisotopic (exact) mass is 271 g/mol. The minimum absolute atomic E-state index is 0.126. The summed E-state index contributed by atoms with van der Waals surface area (Å²) in [5.74, 6) is 2.10. The minimum atomic E-state index is -2.78. The van der Waals surface area contributed by atoms with Gasteiger partial charge in [0.25, 0.3) is 0 Å². The standard InChI is InChI=1S/C12H21N3O2S/c1-10(2)12-14-5-7-15(12)6-4-13-11-3-8-18(16,17)9-11/h5,7,10-11,13H,3-4,6,8-9H2,1-2H3. The van der Waals surface area contributed by atoms with E-state index < -0.39 is 9.84 Å². The molecule has 0 saturated carbocycles. The summed E-state index contributed by atoms with van der Waals surface area (Å²) in [4.78, 5) is 4.33. The van der Waals surface area contributed by atoms with E-state index in [9.17, 15) is 8.42 Å². The first-order chi connectivity index (χ1) is 8.48. The molecule has 0 bridgehead atoms. The van der Waals surface area contributed by atoms with Crippen LogP contribution in [0.4, 0.5) is 0 Å². The zero-order valence-electron chi connectivity index (χ0n) is 11.0. The van der Waals surface area contributed by atoms with Crippen molar-refractivity contribution in [3.8, 4) is 0 Å². The molecule has 1 aromatic rings. The molecule has 1 aromatic heterocycles. The zero-order chi connectivity index (χ0) is 13.2. The summed E-state index contributed by atoms with van der Waals surface area (Å²) in [7, 11) is -2.78. The number of rotatable bonds is 5. The SMILES string of the molecule is CC(C)c1nccn1CCNC1CCS(=O)(=O)C1. The van der Waals surface area contributed by atoms with Gasteiger partial charge >= 0.3 is 0 Å². The number of sulfone groups is 1. The van der Waals surface area contributed by atoms with Crippen LogP contribution in [0, 0.1) is 0 Å². The number of nitrogens with one attached hydrogen (secondary N) is 1. The van der Waals surface area contributed by atoms with Crippen molar-refractivity contribution in [2.75, 3.05) is 18.1 Å². The number of aromatic nitrogens is 2. The number of nitrogens with zero attached hydrogens (tertiary/aromatic N) is 2. The molecule has 0 aliphatic carbocycles. The lowest BCUT2D eigenvalue weighted by Gasteiger charge is -2.13. The van der Waals surface area contributed by atoms with Crippen LogP contribution in [0.1, 0.15) is 32.0 Å². The van der Waals surface area contributed by atoms with Gasteiger partial charge in [-0.2, -0.15) is 0 Å². The van der Waals surface area contributed by atoms with Crippen LogP contribution in [0.5, 0.6) is 0 Å². The average molecular weight is 271 g/mol. The Kier molecular flexibility index (Phi) is 4.07. The van der Waals surface area contributed by atoms with E-state index in [0.29, 0.717) is 11.7 Å². The highest BCUT2D eigenvalue weighted by molar-refractivity contribution is 7.91. The highest BCUT2D eigenvalue weighted by Gasteiger charge is 2.27. The Hall–Kier alpha value is -0.880. The summed E-state index contributed by atoms with van der Waals surface area (Å²) < 4.78 is 24.8. The van der Waals surface area contributed by atoms with Crippen LogP contribution in [0.3, 0.4) is 0 Å². The van der Waals surface area contributed by atoms with Crippen molar-refractivity contribution in [3.63, 3.8) is 0 Å². The van der Waals surface area contributed by atoms with Gasteiger partial charge in [-0.3, -0.25) is 0 Å². The van der Waals surface area contributed by atoms with Gasteiger partial charge in [0.2, 0.25) is 0 Å². The van der Waals surface area contributed by atoms with E-state index in [-0.39, 0.29) is 11.8 Å². The molecule has 1 saturated heterocycles. The Bertz CT molecular complexity index is 493. The fraction of sp³-hybridized carbons (Fsp3) is 0.750. The molecule has 1 aliphatic heterocycles. The molecule has 2 heterocycles. The van der Waals surface area contributed by atoms with E-state index in [1.807, 2.05) is 12.4 Å². The Morgan fingerprint density at radius 1 is 1.56 bits per heavy atom. The predicted molar refractivity (Wildman–Crippen MR) is 71.4 cm³/mol. The van der Waals surface area contributed by atoms with Gasteiger partial charge in [-0.1, -0.05) is 13.8 Å². The quantitative estimate of drug-likeness (QED) is 0.859. The third kappa shape index (κ3) is 3.32. The third-order valence-corrected chi connectivity index (χ3v) is 5.05. The van der Waals surface area contributed by atoms with Crippen molar-refractivity contribution in [2.24, 2.45) is 0 Å². The Labute approximate surface area is 109 Å². The van der Waals surface area contributed by atoms with Gasteiger partial charge in [-0.25, -0.2) is 13.4 Å². The van der Waals surface area contributed by atoms with Crippen molar-refractivity contribution in [1.29, 1.82) is 0 Å². The van der Waals surface area contributed by atoms with Crippen molar-refractivity contribution in [2.45, 2.75) is 38.8 Å². The molecule has 6 heteroatoms. The summed E-state index contributed by atoms with van der Waals surface area (Å²) in [6, 6.07) is 0.126. The minimum Gasteiger partial charge on any atom is -0.333 e. The van der Waals surface area contributed by atoms with Gasteiger partial charge < -0.3 is 9.88 Å². The van der Waals surface area contributed by atoms with Crippen molar-refractivity contribution in [1.82, 2.24) is 14.9 Å². The lowest BCUT2D eigenvalue weighted by molar-refractivity contribution is 0.507. The second kappa shape index (κ2) is 5.40. The van der Waals surface area contributed by atoms with Crippen molar-refractivity contribution < 1.29 is 8.42 Å². The topological polar surface area (TPSA) is 64.0 Å². The fourth-order valence-corrected chi connectivity index (χ4v) is 4.06. The Morgan fingerprint density at radius 3 is 2.94 bits per heavy atom. The fourth-order valence-electron chi connectivity index (χ4n) is 2.36. The molecule has 0 aromatic carbocycles. The van der Waals surface area contributed by atoms with Gasteiger partial charge in [0.15, 0.2) is 9.84 Å². The number of hydrogen-bond acceptors (Lipinski definition) is 4. The van der Waals surface area contributed by atoms with Gasteiger partial charge in [-0.05, 0) is 6.42 Å². The first kappa shape index (κ1) is 13.5. The molecule has 0 radical (unpaired) electrons. The van der Waals surface area contributed by atoms with E-state index in [4.69, 9.17) is 0 Å². The lowest BCUT2D eigenvalue weighted by atomic mass is 10.2. The molecular formula is C12H21N3O2S. The Balaban J connectivity index is 1.81. The number of hydrogen-bond donors (Lipinski definition) is 1. The first-order valence-corrected chi connectivity index (χ1v) is 8.25. The molecule has 0 spiro atoms. The maximum absolute atomic E-state index is 11.3. The molecule has 1 atom stereocenters. The summed E-state index contributed by atoms with van der Waals surface area (Å²) in [5, 5.41) is 3.31. The third-order valence-electron chi connectivity index (χ3n) is 3.28. The normalized spacial score (nSPS) is 22.7. The van der Waals surface area contributed by atoms with Crippen LogP contribution in [0.2, 0.25) is 0 Å². The van der Waals surface area contributed by atoms with Crippen LogP contribution >= 0.6 is 0 Å². The highest BCUT2D eigenvalue weighted by Crippen LogP contribution is 2.12. The van der Waals surface area contributed by atoms with Crippen molar-refractivity contribution in [3.05, 3.63) is 18.2 Å². The van der Waals surface area contributed by atoms with Crippen LogP contribution in [0.25, 0.3) is 0 Å². The van der Waals surface area contributed by atoms with Gasteiger partial charge in [0.1, 0.15) is 5.82 Å². The Morgan fingerprint density at radius 2 is 2.33 bits per heavy atom. The van der Waals surface area contributed by atoms with E-state index in [1.165, 1.54) is 0 Å². The smallest absolute Gasteiger partial charge is 0.151 e. The molecular weight excluding hydrogens is 250 g/mol. The molecule has 2 rings (SSSR count). The van der Waals surface area contributed by atoms with Gasteiger partial charge in [0.05, 0.1) is 11.5 Å². The second-order valence-electron chi connectivity index (χ2n) is 5.19. The van der Waals surface area contributed by atoms with E-state index in [1.54, 1.807) is 0 Å². The molecule has 1 aliphatic rings. The molecule has 1 fully saturated rings. The number of imidazole rings is 1. The maximum Gasteiger partial charge on any atom is 0.151 e. The van der Waals surface area contributed by atoms with Gasteiger partial charge in [-0.15, -0.1) is 0 Å². The molecule has 18 heavy (non-hydrogen) atoms. The lowest BCUT2D eigenvalue weighted by Crippen LogP contribution is -2.32. The van der Waals surface area contributed by atoms with E-state index in [0.717, 1.165) is 25.3 Å². The van der Waals surface area contributed by atoms with Crippen LogP contribution in [-0.4, -0.2) is 42.1 Å². The highest BCUT2D eigenvalue weighted by atomic mass is 32.2. The zero-order valence-corrected chi connectivity index (χ0v) is 11.8. The maximum atomic E-state index is 11.3. The summed E-state index contributed by atoms with van der Waals surface area (Å²) in [6.07, 6.45) is 4.53. The van der Waals surface area contributed by atoms with Crippen LogP contribution in [-0.2, 0) is 16.4 Å². The first-order valence-electron chi connectivity index (χ1n) is 6.43.